The number of amides is 2. The fraction of sp³-hybridized carbons (Fsp3) is 0.240. The molecule has 0 atom stereocenters. The van der Waals surface area contributed by atoms with E-state index in [4.69, 9.17) is 9.72 Å². The SMILES string of the molecule is O=C1NC(=O)/C(=C/c2cc(OCc3ccccc3)nc(N3CCCN(c4ccncc4)CC3)n2)S1. The van der Waals surface area contributed by atoms with Gasteiger partial charge in [0.25, 0.3) is 11.1 Å². The third-order valence-corrected chi connectivity index (χ3v) is 6.48. The summed E-state index contributed by atoms with van der Waals surface area (Å²) in [6, 6.07) is 15.6. The third kappa shape index (κ3) is 5.78. The largest absolute Gasteiger partial charge is 0.473 e. The van der Waals surface area contributed by atoms with Crippen molar-refractivity contribution in [3.8, 4) is 5.88 Å². The Hall–Kier alpha value is -3.92. The monoisotopic (exact) mass is 488 g/mol. The molecule has 178 valence electrons. The van der Waals surface area contributed by atoms with E-state index in [1.807, 2.05) is 42.5 Å². The molecule has 2 aliphatic rings. The average Bonchev–Trinajstić information content (AvgIpc) is 3.06. The van der Waals surface area contributed by atoms with E-state index in [0.717, 1.165) is 55.6 Å². The fourth-order valence-corrected chi connectivity index (χ4v) is 4.60. The van der Waals surface area contributed by atoms with Crippen LogP contribution in [0.15, 0.2) is 65.8 Å². The molecule has 0 spiro atoms. The van der Waals surface area contributed by atoms with Crippen molar-refractivity contribution in [1.82, 2.24) is 20.3 Å². The predicted octanol–water partition coefficient (Wildman–Crippen LogP) is 3.49. The van der Waals surface area contributed by atoms with E-state index >= 15 is 0 Å². The molecule has 0 unspecified atom stereocenters. The summed E-state index contributed by atoms with van der Waals surface area (Å²) < 4.78 is 6.00. The van der Waals surface area contributed by atoms with Crippen molar-refractivity contribution in [1.29, 1.82) is 0 Å². The number of hydrogen-bond donors (Lipinski definition) is 1. The average molecular weight is 489 g/mol. The Labute approximate surface area is 207 Å². The number of ether oxygens (including phenoxy) is 1. The summed E-state index contributed by atoms with van der Waals surface area (Å²) in [4.78, 5) is 41.9. The number of imide groups is 1. The number of carbonyl (C=O) groups excluding carboxylic acids is 2. The van der Waals surface area contributed by atoms with Crippen LogP contribution < -0.4 is 19.9 Å². The van der Waals surface area contributed by atoms with Crippen LogP contribution in [0.3, 0.4) is 0 Å². The van der Waals surface area contributed by atoms with Crippen LogP contribution in [0.5, 0.6) is 5.88 Å². The summed E-state index contributed by atoms with van der Waals surface area (Å²) in [6.45, 7) is 3.60. The second-order valence-electron chi connectivity index (χ2n) is 8.09. The topological polar surface area (TPSA) is 101 Å². The Morgan fingerprint density at radius 1 is 0.971 bits per heavy atom. The summed E-state index contributed by atoms with van der Waals surface area (Å²) in [7, 11) is 0. The molecule has 2 aliphatic heterocycles. The fourth-order valence-electron chi connectivity index (χ4n) is 3.94. The first-order valence-corrected chi connectivity index (χ1v) is 12.2. The van der Waals surface area contributed by atoms with E-state index < -0.39 is 5.91 Å². The Kier molecular flexibility index (Phi) is 6.89. The molecular formula is C25H24N6O3S. The van der Waals surface area contributed by atoms with Gasteiger partial charge in [0.15, 0.2) is 0 Å². The molecule has 0 aliphatic carbocycles. The first kappa shape index (κ1) is 22.9. The van der Waals surface area contributed by atoms with Crippen LogP contribution in [0.1, 0.15) is 17.7 Å². The Morgan fingerprint density at radius 2 is 1.74 bits per heavy atom. The molecule has 3 aromatic rings. The van der Waals surface area contributed by atoms with Crippen LogP contribution in [0.2, 0.25) is 0 Å². The van der Waals surface area contributed by atoms with Gasteiger partial charge < -0.3 is 14.5 Å². The minimum atomic E-state index is -0.422. The van der Waals surface area contributed by atoms with E-state index in [0.29, 0.717) is 29.0 Å². The molecule has 0 saturated carbocycles. The van der Waals surface area contributed by atoms with Crippen molar-refractivity contribution in [2.24, 2.45) is 0 Å². The molecule has 1 N–H and O–H groups in total. The molecule has 10 heteroatoms. The summed E-state index contributed by atoms with van der Waals surface area (Å²) in [5.41, 5.74) is 2.68. The normalized spacial score (nSPS) is 17.4. The van der Waals surface area contributed by atoms with Crippen LogP contribution in [0.4, 0.5) is 16.4 Å². The van der Waals surface area contributed by atoms with Crippen molar-refractivity contribution >= 4 is 40.6 Å². The van der Waals surface area contributed by atoms with Gasteiger partial charge in [0, 0.05) is 50.3 Å². The van der Waals surface area contributed by atoms with Crippen LogP contribution in [0, 0.1) is 0 Å². The molecule has 0 bridgehead atoms. The molecular weight excluding hydrogens is 464 g/mol. The number of pyridine rings is 1. The van der Waals surface area contributed by atoms with Crippen LogP contribution in [-0.2, 0) is 11.4 Å². The molecule has 4 heterocycles. The van der Waals surface area contributed by atoms with Gasteiger partial charge in [-0.3, -0.25) is 19.9 Å². The lowest BCUT2D eigenvalue weighted by Crippen LogP contribution is -2.31. The maximum atomic E-state index is 12.1. The molecule has 2 saturated heterocycles. The van der Waals surface area contributed by atoms with Gasteiger partial charge in [0.05, 0.1) is 10.6 Å². The maximum Gasteiger partial charge on any atom is 0.290 e. The summed E-state index contributed by atoms with van der Waals surface area (Å²) in [5, 5.41) is 1.89. The predicted molar refractivity (Wildman–Crippen MR) is 135 cm³/mol. The smallest absolute Gasteiger partial charge is 0.290 e. The van der Waals surface area contributed by atoms with Gasteiger partial charge in [-0.25, -0.2) is 4.98 Å². The minimum Gasteiger partial charge on any atom is -0.473 e. The van der Waals surface area contributed by atoms with Gasteiger partial charge in [-0.2, -0.15) is 4.98 Å². The van der Waals surface area contributed by atoms with E-state index in [1.54, 1.807) is 24.5 Å². The number of thioether (sulfide) groups is 1. The van der Waals surface area contributed by atoms with E-state index in [9.17, 15) is 9.59 Å². The number of anilines is 2. The first-order valence-electron chi connectivity index (χ1n) is 11.3. The van der Waals surface area contributed by atoms with Gasteiger partial charge in [-0.1, -0.05) is 30.3 Å². The summed E-state index contributed by atoms with van der Waals surface area (Å²) in [6.07, 6.45) is 6.14. The molecule has 5 rings (SSSR count). The number of nitrogens with zero attached hydrogens (tertiary/aromatic N) is 5. The zero-order valence-corrected chi connectivity index (χ0v) is 19.8. The van der Waals surface area contributed by atoms with Gasteiger partial charge in [-0.05, 0) is 42.0 Å². The summed E-state index contributed by atoms with van der Waals surface area (Å²) >= 11 is 0.862. The molecule has 1 aromatic carbocycles. The number of aromatic nitrogens is 3. The standard InChI is InChI=1S/C25H24N6O3S/c32-23-21(35-25(33)29-23)15-19-16-22(34-17-18-5-2-1-3-6-18)28-24(27-19)31-12-4-11-30(13-14-31)20-7-9-26-10-8-20/h1-3,5-10,15-16H,4,11-14,17H2,(H,29,32,33)/b21-15-. The molecule has 0 radical (unpaired) electrons. The zero-order valence-electron chi connectivity index (χ0n) is 19.0. The highest BCUT2D eigenvalue weighted by Crippen LogP contribution is 2.27. The number of carbonyl (C=O) groups is 2. The highest BCUT2D eigenvalue weighted by molar-refractivity contribution is 8.18. The van der Waals surface area contributed by atoms with Crippen LogP contribution in [0.25, 0.3) is 6.08 Å². The van der Waals surface area contributed by atoms with Crippen molar-refractivity contribution in [3.05, 3.63) is 77.1 Å². The Morgan fingerprint density at radius 3 is 2.51 bits per heavy atom. The molecule has 2 fully saturated rings. The molecule has 2 amide bonds. The lowest BCUT2D eigenvalue weighted by atomic mass is 10.2. The van der Waals surface area contributed by atoms with Gasteiger partial charge in [0.2, 0.25) is 11.8 Å². The number of nitrogens with one attached hydrogen (secondary N) is 1. The van der Waals surface area contributed by atoms with Gasteiger partial charge in [-0.15, -0.1) is 0 Å². The van der Waals surface area contributed by atoms with Crippen molar-refractivity contribution < 1.29 is 14.3 Å². The molecule has 9 nitrogen and oxygen atoms in total. The number of benzene rings is 1. The second-order valence-corrected chi connectivity index (χ2v) is 9.11. The third-order valence-electron chi connectivity index (χ3n) is 5.67. The van der Waals surface area contributed by atoms with E-state index in [1.165, 1.54) is 0 Å². The number of hydrogen-bond acceptors (Lipinski definition) is 9. The van der Waals surface area contributed by atoms with Crippen LogP contribution in [-0.4, -0.2) is 52.3 Å². The number of rotatable bonds is 6. The Bertz CT molecular complexity index is 1240. The highest BCUT2D eigenvalue weighted by atomic mass is 32.2. The van der Waals surface area contributed by atoms with Gasteiger partial charge in [0.1, 0.15) is 6.61 Å². The molecule has 35 heavy (non-hydrogen) atoms. The van der Waals surface area contributed by atoms with E-state index in [-0.39, 0.29) is 5.24 Å². The van der Waals surface area contributed by atoms with Crippen molar-refractivity contribution in [2.45, 2.75) is 13.0 Å². The van der Waals surface area contributed by atoms with Gasteiger partial charge >= 0.3 is 0 Å². The quantitative estimate of drug-likeness (QED) is 0.523. The second kappa shape index (κ2) is 10.6. The zero-order chi connectivity index (χ0) is 24.0. The first-order chi connectivity index (χ1) is 17.1. The Balaban J connectivity index is 1.39. The lowest BCUT2D eigenvalue weighted by Gasteiger charge is -2.24. The highest BCUT2D eigenvalue weighted by Gasteiger charge is 2.26. The van der Waals surface area contributed by atoms with Crippen molar-refractivity contribution in [2.75, 3.05) is 36.0 Å². The maximum absolute atomic E-state index is 12.1. The van der Waals surface area contributed by atoms with Crippen LogP contribution >= 0.6 is 11.8 Å². The van der Waals surface area contributed by atoms with E-state index in [2.05, 4.69) is 25.1 Å². The molecule has 2 aromatic heterocycles. The van der Waals surface area contributed by atoms with Crippen molar-refractivity contribution in [3.63, 3.8) is 0 Å². The summed E-state index contributed by atoms with van der Waals surface area (Å²) in [5.74, 6) is 0.527. The lowest BCUT2D eigenvalue weighted by molar-refractivity contribution is -0.115. The minimum absolute atomic E-state index is 0.299.